The molecule has 1 aromatic rings. The number of halogens is 1. The maximum Gasteiger partial charge on any atom is 0.219 e. The molecule has 1 aliphatic rings. The van der Waals surface area contributed by atoms with Gasteiger partial charge in [0.2, 0.25) is 5.88 Å². The van der Waals surface area contributed by atoms with E-state index in [-0.39, 0.29) is 6.23 Å². The van der Waals surface area contributed by atoms with Crippen LogP contribution >= 0.6 is 11.6 Å². The Kier molecular flexibility index (Phi) is 3.04. The molecule has 2 unspecified atom stereocenters. The molecule has 0 aliphatic carbocycles. The van der Waals surface area contributed by atoms with Crippen molar-refractivity contribution in [3.63, 3.8) is 0 Å². The maximum absolute atomic E-state index is 5.80. The first-order valence-electron chi connectivity index (χ1n) is 4.82. The number of aryl methyl sites for hydroxylation is 1. The Morgan fingerprint density at radius 3 is 2.87 bits per heavy atom. The van der Waals surface area contributed by atoms with Crippen LogP contribution in [0.15, 0.2) is 6.07 Å². The molecule has 1 aliphatic heterocycles. The highest BCUT2D eigenvalue weighted by Crippen LogP contribution is 2.16. The highest BCUT2D eigenvalue weighted by Gasteiger charge is 2.21. The smallest absolute Gasteiger partial charge is 0.219 e. The van der Waals surface area contributed by atoms with E-state index in [1.165, 1.54) is 0 Å². The van der Waals surface area contributed by atoms with Gasteiger partial charge in [0.15, 0.2) is 6.23 Å². The first-order chi connectivity index (χ1) is 7.13. The van der Waals surface area contributed by atoms with Crippen molar-refractivity contribution in [3.8, 4) is 5.88 Å². The van der Waals surface area contributed by atoms with Gasteiger partial charge in [-0.3, -0.25) is 5.43 Å². The Bertz CT molecular complexity index is 340. The van der Waals surface area contributed by atoms with E-state index in [1.54, 1.807) is 13.0 Å². The minimum absolute atomic E-state index is 0.0645. The van der Waals surface area contributed by atoms with Gasteiger partial charge in [0.1, 0.15) is 11.0 Å². The van der Waals surface area contributed by atoms with Crippen LogP contribution in [0.5, 0.6) is 5.88 Å². The molecule has 0 bridgehead atoms. The van der Waals surface area contributed by atoms with Gasteiger partial charge in [-0.2, -0.15) is 4.98 Å². The Labute approximate surface area is 93.2 Å². The molecule has 0 amide bonds. The zero-order chi connectivity index (χ0) is 10.8. The van der Waals surface area contributed by atoms with Crippen molar-refractivity contribution in [2.75, 3.05) is 0 Å². The van der Waals surface area contributed by atoms with Crippen molar-refractivity contribution in [3.05, 3.63) is 17.0 Å². The molecule has 0 saturated carbocycles. The van der Waals surface area contributed by atoms with E-state index in [1.807, 2.05) is 0 Å². The Balaban J connectivity index is 2.04. The topological polar surface area (TPSA) is 59.1 Å². The molecule has 0 radical (unpaired) electrons. The molecule has 1 aromatic heterocycles. The molecule has 15 heavy (non-hydrogen) atoms. The molecule has 0 aromatic carbocycles. The normalized spacial score (nSPS) is 25.5. The SMILES string of the molecule is Cc1nc(Cl)cc(OC2CC(C)NN2)n1. The number of rotatable bonds is 2. The van der Waals surface area contributed by atoms with Crippen LogP contribution in [-0.4, -0.2) is 22.2 Å². The van der Waals surface area contributed by atoms with Gasteiger partial charge in [-0.25, -0.2) is 10.4 Å². The first-order valence-corrected chi connectivity index (χ1v) is 5.20. The number of hydrogen-bond acceptors (Lipinski definition) is 5. The van der Waals surface area contributed by atoms with Crippen molar-refractivity contribution in [1.29, 1.82) is 0 Å². The fraction of sp³-hybridized carbons (Fsp3) is 0.556. The molecular formula is C9H13ClN4O. The molecule has 2 heterocycles. The van der Waals surface area contributed by atoms with Crippen molar-refractivity contribution in [2.45, 2.75) is 32.5 Å². The van der Waals surface area contributed by atoms with Crippen molar-refractivity contribution in [2.24, 2.45) is 0 Å². The maximum atomic E-state index is 5.80. The lowest BCUT2D eigenvalue weighted by Crippen LogP contribution is -2.35. The van der Waals surface area contributed by atoms with Crippen LogP contribution in [0.4, 0.5) is 0 Å². The van der Waals surface area contributed by atoms with Gasteiger partial charge in [-0.1, -0.05) is 11.6 Å². The molecule has 2 N–H and O–H groups in total. The summed E-state index contributed by atoms with van der Waals surface area (Å²) in [5.74, 6) is 1.11. The van der Waals surface area contributed by atoms with Crippen LogP contribution in [0.2, 0.25) is 5.15 Å². The van der Waals surface area contributed by atoms with Crippen molar-refractivity contribution >= 4 is 11.6 Å². The summed E-state index contributed by atoms with van der Waals surface area (Å²) < 4.78 is 5.60. The minimum Gasteiger partial charge on any atom is -0.457 e. The number of hydrazine groups is 1. The summed E-state index contributed by atoms with van der Waals surface area (Å²) in [4.78, 5) is 8.10. The molecule has 1 fully saturated rings. The standard InChI is InChI=1S/C9H13ClN4O/c1-5-3-9(14-13-5)15-8-4-7(10)11-6(2)12-8/h4-5,9,13-14H,3H2,1-2H3. The summed E-state index contributed by atoms with van der Waals surface area (Å²) in [7, 11) is 0. The number of hydrogen-bond donors (Lipinski definition) is 2. The quantitative estimate of drug-likeness (QED) is 0.741. The fourth-order valence-electron chi connectivity index (χ4n) is 1.46. The summed E-state index contributed by atoms with van der Waals surface area (Å²) in [5, 5.41) is 0.400. The zero-order valence-corrected chi connectivity index (χ0v) is 9.38. The highest BCUT2D eigenvalue weighted by atomic mass is 35.5. The van der Waals surface area contributed by atoms with Crippen LogP contribution in [0, 0.1) is 6.92 Å². The minimum atomic E-state index is -0.0645. The second kappa shape index (κ2) is 4.30. The lowest BCUT2D eigenvalue weighted by molar-refractivity contribution is 0.171. The van der Waals surface area contributed by atoms with E-state index < -0.39 is 0 Å². The average molecular weight is 229 g/mol. The Hall–Kier alpha value is -0.910. The first kappa shape index (κ1) is 10.6. The van der Waals surface area contributed by atoms with Crippen LogP contribution in [0.3, 0.4) is 0 Å². The summed E-state index contributed by atoms with van der Waals surface area (Å²) in [6, 6.07) is 2.01. The third-order valence-corrected chi connectivity index (χ3v) is 2.30. The summed E-state index contributed by atoms with van der Waals surface area (Å²) >= 11 is 5.80. The molecular weight excluding hydrogens is 216 g/mol. The predicted octanol–water partition coefficient (Wildman–Crippen LogP) is 1.03. The van der Waals surface area contributed by atoms with E-state index in [2.05, 4.69) is 27.7 Å². The van der Waals surface area contributed by atoms with Gasteiger partial charge >= 0.3 is 0 Å². The third kappa shape index (κ3) is 2.77. The third-order valence-electron chi connectivity index (χ3n) is 2.10. The van der Waals surface area contributed by atoms with Crippen molar-refractivity contribution < 1.29 is 4.74 Å². The Morgan fingerprint density at radius 2 is 2.27 bits per heavy atom. The van der Waals surface area contributed by atoms with Gasteiger partial charge in [-0.05, 0) is 13.8 Å². The average Bonchev–Trinajstić information content (AvgIpc) is 2.49. The van der Waals surface area contributed by atoms with Gasteiger partial charge in [-0.15, -0.1) is 0 Å². The number of nitrogens with zero attached hydrogens (tertiary/aromatic N) is 2. The summed E-state index contributed by atoms with van der Waals surface area (Å²) in [6.45, 7) is 3.86. The molecule has 1 saturated heterocycles. The van der Waals surface area contributed by atoms with Crippen LogP contribution < -0.4 is 15.6 Å². The van der Waals surface area contributed by atoms with Gasteiger partial charge in [0.05, 0.1) is 0 Å². The van der Waals surface area contributed by atoms with E-state index in [9.17, 15) is 0 Å². The second-order valence-corrected chi connectivity index (χ2v) is 4.00. The molecule has 2 rings (SSSR count). The molecule has 2 atom stereocenters. The van der Waals surface area contributed by atoms with Crippen molar-refractivity contribution in [1.82, 2.24) is 20.8 Å². The van der Waals surface area contributed by atoms with Crippen LogP contribution in [0.25, 0.3) is 0 Å². The number of nitrogens with one attached hydrogen (secondary N) is 2. The summed E-state index contributed by atoms with van der Waals surface area (Å²) in [5.41, 5.74) is 6.09. The van der Waals surface area contributed by atoms with Crippen LogP contribution in [0.1, 0.15) is 19.2 Å². The predicted molar refractivity (Wildman–Crippen MR) is 56.5 cm³/mol. The number of ether oxygens (including phenoxy) is 1. The lowest BCUT2D eigenvalue weighted by Gasteiger charge is -2.12. The second-order valence-electron chi connectivity index (χ2n) is 3.61. The van der Waals surface area contributed by atoms with E-state index >= 15 is 0 Å². The number of aromatic nitrogens is 2. The highest BCUT2D eigenvalue weighted by molar-refractivity contribution is 6.29. The molecule has 82 valence electrons. The zero-order valence-electron chi connectivity index (χ0n) is 8.62. The molecule has 6 heteroatoms. The van der Waals surface area contributed by atoms with Gasteiger partial charge < -0.3 is 4.74 Å². The van der Waals surface area contributed by atoms with Crippen LogP contribution in [-0.2, 0) is 0 Å². The fourth-order valence-corrected chi connectivity index (χ4v) is 1.68. The lowest BCUT2D eigenvalue weighted by atomic mass is 10.2. The van der Waals surface area contributed by atoms with E-state index in [0.29, 0.717) is 22.9 Å². The van der Waals surface area contributed by atoms with Gasteiger partial charge in [0, 0.05) is 18.5 Å². The monoisotopic (exact) mass is 228 g/mol. The van der Waals surface area contributed by atoms with E-state index in [4.69, 9.17) is 16.3 Å². The van der Waals surface area contributed by atoms with E-state index in [0.717, 1.165) is 6.42 Å². The molecule has 0 spiro atoms. The largest absolute Gasteiger partial charge is 0.457 e. The molecule has 5 nitrogen and oxygen atoms in total. The van der Waals surface area contributed by atoms with Gasteiger partial charge in [0.25, 0.3) is 0 Å². The Morgan fingerprint density at radius 1 is 1.47 bits per heavy atom. The summed E-state index contributed by atoms with van der Waals surface area (Å²) in [6.07, 6.45) is 0.825.